The van der Waals surface area contributed by atoms with Crippen molar-refractivity contribution in [3.05, 3.63) is 82.9 Å². The molecule has 0 aliphatic rings. The van der Waals surface area contributed by atoms with E-state index in [9.17, 15) is 4.79 Å². The first-order valence-electron chi connectivity index (χ1n) is 9.90. The number of ether oxygens (including phenoxy) is 3. The number of carbonyl (C=O) groups is 1. The van der Waals surface area contributed by atoms with Crippen LogP contribution in [0.2, 0.25) is 0 Å². The molecule has 1 amide bonds. The van der Waals surface area contributed by atoms with Crippen LogP contribution >= 0.6 is 0 Å². The summed E-state index contributed by atoms with van der Waals surface area (Å²) in [5.74, 6) is 1.93. The topological polar surface area (TPSA) is 56.8 Å². The molecule has 5 heteroatoms. The molecule has 3 aromatic rings. The molecule has 156 valence electrons. The first-order valence-corrected chi connectivity index (χ1v) is 9.90. The lowest BCUT2D eigenvalue weighted by molar-refractivity contribution is 0.102. The van der Waals surface area contributed by atoms with Gasteiger partial charge in [-0.25, -0.2) is 0 Å². The first-order chi connectivity index (χ1) is 14.5. The number of nitrogens with one attached hydrogen (secondary N) is 1. The van der Waals surface area contributed by atoms with Gasteiger partial charge in [-0.15, -0.1) is 0 Å². The standard InChI is InChI=1S/C25H27NO4/c1-5-29-24-10-9-19(25(27)26-21-12-17(2)11-18(3)13-21)14-20(24)16-30-23-8-6-7-22(15-23)28-4/h6-15H,5,16H2,1-4H3,(H,26,27). The molecule has 0 aliphatic heterocycles. The van der Waals surface area contributed by atoms with E-state index >= 15 is 0 Å². The Morgan fingerprint density at radius 3 is 2.33 bits per heavy atom. The van der Waals surface area contributed by atoms with E-state index in [1.54, 1.807) is 13.2 Å². The Bertz CT molecular complexity index is 1010. The Hall–Kier alpha value is -3.47. The molecule has 5 nitrogen and oxygen atoms in total. The van der Waals surface area contributed by atoms with Crippen molar-refractivity contribution >= 4 is 11.6 Å². The molecule has 0 atom stereocenters. The van der Waals surface area contributed by atoms with E-state index < -0.39 is 0 Å². The van der Waals surface area contributed by atoms with E-state index in [1.807, 2.05) is 69.3 Å². The largest absolute Gasteiger partial charge is 0.497 e. The number of aryl methyl sites for hydroxylation is 2. The van der Waals surface area contributed by atoms with Crippen molar-refractivity contribution in [2.75, 3.05) is 19.0 Å². The zero-order valence-electron chi connectivity index (χ0n) is 17.8. The highest BCUT2D eigenvalue weighted by Gasteiger charge is 2.12. The fourth-order valence-corrected chi connectivity index (χ4v) is 3.23. The molecule has 30 heavy (non-hydrogen) atoms. The minimum atomic E-state index is -0.175. The SMILES string of the molecule is CCOc1ccc(C(=O)Nc2cc(C)cc(C)c2)cc1COc1cccc(OC)c1. The molecule has 0 unspecified atom stereocenters. The Balaban J connectivity index is 1.79. The highest BCUT2D eigenvalue weighted by atomic mass is 16.5. The number of hydrogen-bond donors (Lipinski definition) is 1. The lowest BCUT2D eigenvalue weighted by atomic mass is 10.1. The summed E-state index contributed by atoms with van der Waals surface area (Å²) in [6.07, 6.45) is 0. The third-order valence-electron chi connectivity index (χ3n) is 4.54. The molecule has 1 N–H and O–H groups in total. The van der Waals surface area contributed by atoms with Crippen molar-refractivity contribution in [1.29, 1.82) is 0 Å². The maximum absolute atomic E-state index is 12.8. The Kier molecular flexibility index (Phi) is 6.96. The molecule has 0 heterocycles. The van der Waals surface area contributed by atoms with Crippen molar-refractivity contribution in [1.82, 2.24) is 0 Å². The second-order valence-electron chi connectivity index (χ2n) is 7.05. The van der Waals surface area contributed by atoms with Crippen LogP contribution in [0.25, 0.3) is 0 Å². The van der Waals surface area contributed by atoms with E-state index in [0.717, 1.165) is 28.1 Å². The number of anilines is 1. The molecule has 0 bridgehead atoms. The van der Waals surface area contributed by atoms with Gasteiger partial charge >= 0.3 is 0 Å². The number of carbonyl (C=O) groups excluding carboxylic acids is 1. The maximum Gasteiger partial charge on any atom is 0.255 e. The van der Waals surface area contributed by atoms with E-state index in [4.69, 9.17) is 14.2 Å². The minimum absolute atomic E-state index is 0.175. The van der Waals surface area contributed by atoms with E-state index in [-0.39, 0.29) is 12.5 Å². The van der Waals surface area contributed by atoms with Gasteiger partial charge in [-0.3, -0.25) is 4.79 Å². The van der Waals surface area contributed by atoms with Gasteiger partial charge in [0.2, 0.25) is 0 Å². The lowest BCUT2D eigenvalue weighted by Crippen LogP contribution is -2.13. The van der Waals surface area contributed by atoms with Crippen LogP contribution < -0.4 is 19.5 Å². The maximum atomic E-state index is 12.8. The molecule has 3 rings (SSSR count). The van der Waals surface area contributed by atoms with Gasteiger partial charge < -0.3 is 19.5 Å². The Morgan fingerprint density at radius 2 is 1.63 bits per heavy atom. The third-order valence-corrected chi connectivity index (χ3v) is 4.54. The summed E-state index contributed by atoms with van der Waals surface area (Å²) in [7, 11) is 1.62. The van der Waals surface area contributed by atoms with Crippen molar-refractivity contribution < 1.29 is 19.0 Å². The van der Waals surface area contributed by atoms with Gasteiger partial charge in [0, 0.05) is 22.9 Å². The summed E-state index contributed by atoms with van der Waals surface area (Å²) < 4.78 is 16.9. The van der Waals surface area contributed by atoms with Crippen LogP contribution in [-0.2, 0) is 6.61 Å². The number of rotatable bonds is 8. The van der Waals surface area contributed by atoms with Gasteiger partial charge in [-0.05, 0) is 74.4 Å². The number of amides is 1. The van der Waals surface area contributed by atoms with Gasteiger partial charge in [-0.1, -0.05) is 12.1 Å². The van der Waals surface area contributed by atoms with Gasteiger partial charge in [0.25, 0.3) is 5.91 Å². The molecule has 0 aromatic heterocycles. The average Bonchev–Trinajstić information content (AvgIpc) is 2.72. The van der Waals surface area contributed by atoms with Crippen LogP contribution in [0.3, 0.4) is 0 Å². The number of benzene rings is 3. The Morgan fingerprint density at radius 1 is 0.900 bits per heavy atom. The fraction of sp³-hybridized carbons (Fsp3) is 0.240. The van der Waals surface area contributed by atoms with Gasteiger partial charge in [-0.2, -0.15) is 0 Å². The van der Waals surface area contributed by atoms with E-state index in [2.05, 4.69) is 11.4 Å². The summed E-state index contributed by atoms with van der Waals surface area (Å²) >= 11 is 0. The molecule has 3 aromatic carbocycles. The van der Waals surface area contributed by atoms with Crippen LogP contribution in [0.1, 0.15) is 34.0 Å². The predicted molar refractivity (Wildman–Crippen MR) is 119 cm³/mol. The average molecular weight is 405 g/mol. The smallest absolute Gasteiger partial charge is 0.255 e. The second kappa shape index (κ2) is 9.83. The molecule has 0 saturated heterocycles. The zero-order chi connectivity index (χ0) is 21.5. The van der Waals surface area contributed by atoms with Gasteiger partial charge in [0.1, 0.15) is 23.9 Å². The van der Waals surface area contributed by atoms with Crippen LogP contribution in [0, 0.1) is 13.8 Å². The summed E-state index contributed by atoms with van der Waals surface area (Å²) in [6.45, 7) is 6.74. The predicted octanol–water partition coefficient (Wildman–Crippen LogP) is 5.54. The zero-order valence-corrected chi connectivity index (χ0v) is 17.8. The van der Waals surface area contributed by atoms with Crippen LogP contribution in [0.5, 0.6) is 17.2 Å². The van der Waals surface area contributed by atoms with Crippen molar-refractivity contribution in [3.63, 3.8) is 0 Å². The summed E-state index contributed by atoms with van der Waals surface area (Å²) in [5.41, 5.74) is 4.32. The monoisotopic (exact) mass is 405 g/mol. The van der Waals surface area contributed by atoms with Crippen LogP contribution in [-0.4, -0.2) is 19.6 Å². The molecule has 0 radical (unpaired) electrons. The highest BCUT2D eigenvalue weighted by Crippen LogP contribution is 2.25. The van der Waals surface area contributed by atoms with E-state index in [1.165, 1.54) is 0 Å². The second-order valence-corrected chi connectivity index (χ2v) is 7.05. The summed E-state index contributed by atoms with van der Waals surface area (Å²) in [5, 5.41) is 2.97. The minimum Gasteiger partial charge on any atom is -0.497 e. The highest BCUT2D eigenvalue weighted by molar-refractivity contribution is 6.04. The Labute approximate surface area is 177 Å². The lowest BCUT2D eigenvalue weighted by Gasteiger charge is -2.14. The number of hydrogen-bond acceptors (Lipinski definition) is 4. The van der Waals surface area contributed by atoms with Gasteiger partial charge in [0.05, 0.1) is 13.7 Å². The van der Waals surface area contributed by atoms with E-state index in [0.29, 0.717) is 23.7 Å². The molecule has 0 saturated carbocycles. The fourth-order valence-electron chi connectivity index (χ4n) is 3.23. The quantitative estimate of drug-likeness (QED) is 0.534. The molecule has 0 aliphatic carbocycles. The van der Waals surface area contributed by atoms with Crippen LogP contribution in [0.4, 0.5) is 5.69 Å². The normalized spacial score (nSPS) is 10.4. The molecular formula is C25H27NO4. The van der Waals surface area contributed by atoms with Crippen molar-refractivity contribution in [2.45, 2.75) is 27.4 Å². The first kappa shape index (κ1) is 21.2. The summed E-state index contributed by atoms with van der Waals surface area (Å²) in [4.78, 5) is 12.8. The summed E-state index contributed by atoms with van der Waals surface area (Å²) in [6, 6.07) is 18.8. The molecule has 0 fully saturated rings. The van der Waals surface area contributed by atoms with Gasteiger partial charge in [0.15, 0.2) is 0 Å². The van der Waals surface area contributed by atoms with Crippen LogP contribution in [0.15, 0.2) is 60.7 Å². The van der Waals surface area contributed by atoms with Crippen molar-refractivity contribution in [2.24, 2.45) is 0 Å². The van der Waals surface area contributed by atoms with Crippen molar-refractivity contribution in [3.8, 4) is 17.2 Å². The molecule has 0 spiro atoms. The molecular weight excluding hydrogens is 378 g/mol. The third kappa shape index (κ3) is 5.54. The number of methoxy groups -OCH3 is 1.